The highest BCUT2D eigenvalue weighted by molar-refractivity contribution is 5.79. The highest BCUT2D eigenvalue weighted by atomic mass is 19.1. The molecule has 0 aliphatic heterocycles. The Morgan fingerprint density at radius 1 is 1.35 bits per heavy atom. The zero-order chi connectivity index (χ0) is 13.9. The van der Waals surface area contributed by atoms with Crippen molar-refractivity contribution in [1.29, 1.82) is 0 Å². The van der Waals surface area contributed by atoms with E-state index in [0.717, 1.165) is 6.92 Å². The Morgan fingerprint density at radius 2 is 1.82 bits per heavy atom. The summed E-state index contributed by atoms with van der Waals surface area (Å²) >= 11 is 0. The highest BCUT2D eigenvalue weighted by Gasteiger charge is 2.41. The first-order valence-electron chi connectivity index (χ1n) is 5.02. The van der Waals surface area contributed by atoms with Crippen LogP contribution in [0, 0.1) is 0 Å². The van der Waals surface area contributed by atoms with Crippen LogP contribution in [0.5, 0.6) is 0 Å². The summed E-state index contributed by atoms with van der Waals surface area (Å²) in [6.07, 6.45) is -0.985. The first-order valence-corrected chi connectivity index (χ1v) is 5.02. The van der Waals surface area contributed by atoms with Crippen molar-refractivity contribution >= 4 is 12.1 Å². The van der Waals surface area contributed by atoms with E-state index in [0.29, 0.717) is 0 Å². The van der Waals surface area contributed by atoms with E-state index in [4.69, 9.17) is 9.84 Å². The number of carboxylic acids is 1. The molecule has 0 aromatic carbocycles. The molecule has 0 saturated heterocycles. The molecular weight excluding hydrogens is 233 g/mol. The molecule has 0 aromatic heterocycles. The molecule has 0 saturated carbocycles. The number of carbonyl (C=O) groups is 2. The average molecular weight is 251 g/mol. The van der Waals surface area contributed by atoms with E-state index in [9.17, 15) is 19.1 Å². The third-order valence-corrected chi connectivity index (χ3v) is 1.96. The maximum atomic E-state index is 12.6. The van der Waals surface area contributed by atoms with Gasteiger partial charge in [0.1, 0.15) is 12.3 Å². The second-order valence-electron chi connectivity index (χ2n) is 4.81. The summed E-state index contributed by atoms with van der Waals surface area (Å²) in [7, 11) is 0. The van der Waals surface area contributed by atoms with Crippen LogP contribution >= 0.6 is 0 Å². The van der Waals surface area contributed by atoms with Gasteiger partial charge in [-0.3, -0.25) is 0 Å². The number of hydrogen-bond donors (Lipinski definition) is 3. The normalized spacial score (nSPS) is 16.8. The zero-order valence-electron chi connectivity index (χ0n) is 10.3. The molecule has 6 nitrogen and oxygen atoms in total. The largest absolute Gasteiger partial charge is 0.479 e. The molecule has 3 N–H and O–H groups in total. The number of alkyl carbamates (subject to hydrolysis) is 1. The molecule has 1 amide bonds. The molecule has 0 radical (unpaired) electrons. The first kappa shape index (κ1) is 15.6. The molecule has 2 atom stereocenters. The number of aliphatic carboxylic acids is 1. The summed E-state index contributed by atoms with van der Waals surface area (Å²) in [6.45, 7) is 4.49. The Hall–Kier alpha value is -1.37. The predicted octanol–water partition coefficient (Wildman–Crippen LogP) is 0.685. The first-order chi connectivity index (χ1) is 7.50. The molecule has 0 bridgehead atoms. The van der Waals surface area contributed by atoms with Gasteiger partial charge in [0.05, 0.1) is 6.04 Å². The summed E-state index contributed by atoms with van der Waals surface area (Å²) in [5.74, 6) is -1.63. The molecule has 7 heteroatoms. The van der Waals surface area contributed by atoms with Crippen LogP contribution < -0.4 is 5.32 Å². The van der Waals surface area contributed by atoms with Gasteiger partial charge in [-0.05, 0) is 27.7 Å². The highest BCUT2D eigenvalue weighted by Crippen LogP contribution is 2.13. The third kappa shape index (κ3) is 4.99. The number of halogens is 1. The number of carbonyl (C=O) groups excluding carboxylic acids is 1. The van der Waals surface area contributed by atoms with Crippen molar-refractivity contribution < 1.29 is 28.9 Å². The quantitative estimate of drug-likeness (QED) is 0.683. The van der Waals surface area contributed by atoms with Gasteiger partial charge in [0.2, 0.25) is 0 Å². The summed E-state index contributed by atoms with van der Waals surface area (Å²) in [4.78, 5) is 22.0. The molecule has 0 fully saturated rings. The Kier molecular flexibility index (Phi) is 4.88. The van der Waals surface area contributed by atoms with Crippen LogP contribution in [0.4, 0.5) is 9.18 Å². The van der Waals surface area contributed by atoms with Crippen LogP contribution in [-0.2, 0) is 9.53 Å². The predicted molar refractivity (Wildman–Crippen MR) is 57.4 cm³/mol. The Morgan fingerprint density at radius 3 is 2.12 bits per heavy atom. The van der Waals surface area contributed by atoms with Gasteiger partial charge in [-0.1, -0.05) is 0 Å². The lowest BCUT2D eigenvalue weighted by atomic mass is 9.98. The Labute approximate surface area is 98.8 Å². The lowest BCUT2D eigenvalue weighted by Crippen LogP contribution is -2.57. The van der Waals surface area contributed by atoms with E-state index in [2.05, 4.69) is 0 Å². The van der Waals surface area contributed by atoms with Gasteiger partial charge in [-0.2, -0.15) is 0 Å². The Balaban J connectivity index is 4.62. The molecule has 0 aliphatic carbocycles. The molecule has 17 heavy (non-hydrogen) atoms. The van der Waals surface area contributed by atoms with Crippen molar-refractivity contribution in [3.63, 3.8) is 0 Å². The fourth-order valence-corrected chi connectivity index (χ4v) is 0.928. The van der Waals surface area contributed by atoms with Crippen molar-refractivity contribution in [2.75, 3.05) is 6.67 Å². The Bertz CT molecular complexity index is 298. The third-order valence-electron chi connectivity index (χ3n) is 1.96. The number of carboxylic acid groups (broad SMARTS) is 1. The average Bonchev–Trinajstić information content (AvgIpc) is 2.10. The van der Waals surface area contributed by atoms with Gasteiger partial charge >= 0.3 is 12.1 Å². The zero-order valence-corrected chi connectivity index (χ0v) is 10.3. The number of rotatable bonds is 4. The van der Waals surface area contributed by atoms with E-state index >= 15 is 0 Å². The monoisotopic (exact) mass is 251 g/mol. The minimum absolute atomic E-state index is 0.792. The topological polar surface area (TPSA) is 95.9 Å². The second-order valence-corrected chi connectivity index (χ2v) is 4.81. The second kappa shape index (κ2) is 5.31. The van der Waals surface area contributed by atoms with Gasteiger partial charge in [-0.15, -0.1) is 0 Å². The van der Waals surface area contributed by atoms with Gasteiger partial charge in [0, 0.05) is 0 Å². The van der Waals surface area contributed by atoms with Crippen molar-refractivity contribution in [3.8, 4) is 0 Å². The molecular formula is C10H18FNO5. The smallest absolute Gasteiger partial charge is 0.408 e. The lowest BCUT2D eigenvalue weighted by Gasteiger charge is -2.28. The van der Waals surface area contributed by atoms with Crippen LogP contribution in [0.1, 0.15) is 27.7 Å². The molecule has 0 aromatic rings. The maximum absolute atomic E-state index is 12.6. The summed E-state index contributed by atoms with van der Waals surface area (Å²) in [5, 5.41) is 20.1. The van der Waals surface area contributed by atoms with Crippen molar-refractivity contribution in [3.05, 3.63) is 0 Å². The van der Waals surface area contributed by atoms with Crippen LogP contribution in [0.15, 0.2) is 0 Å². The van der Waals surface area contributed by atoms with E-state index in [1.807, 2.05) is 5.32 Å². The van der Waals surface area contributed by atoms with Gasteiger partial charge in [0.15, 0.2) is 5.60 Å². The van der Waals surface area contributed by atoms with Crippen LogP contribution in [0.3, 0.4) is 0 Å². The number of ether oxygens (including phenoxy) is 1. The van der Waals surface area contributed by atoms with Crippen LogP contribution in [-0.4, -0.2) is 46.2 Å². The number of hydrogen-bond acceptors (Lipinski definition) is 4. The molecule has 100 valence electrons. The van der Waals surface area contributed by atoms with E-state index < -0.39 is 36.0 Å². The molecule has 0 spiro atoms. The van der Waals surface area contributed by atoms with Gasteiger partial charge < -0.3 is 20.3 Å². The fourth-order valence-electron chi connectivity index (χ4n) is 0.928. The summed E-state index contributed by atoms with van der Waals surface area (Å²) in [6, 6.07) is -1.57. The fraction of sp³-hybridized carbons (Fsp3) is 0.800. The minimum Gasteiger partial charge on any atom is -0.479 e. The molecule has 0 heterocycles. The summed E-state index contributed by atoms with van der Waals surface area (Å²) in [5.41, 5.74) is -3.19. The van der Waals surface area contributed by atoms with Crippen molar-refractivity contribution in [1.82, 2.24) is 5.32 Å². The van der Waals surface area contributed by atoms with Crippen molar-refractivity contribution in [2.24, 2.45) is 0 Å². The van der Waals surface area contributed by atoms with E-state index in [-0.39, 0.29) is 0 Å². The van der Waals surface area contributed by atoms with Crippen molar-refractivity contribution in [2.45, 2.75) is 44.9 Å². The number of nitrogens with one attached hydrogen (secondary N) is 1. The maximum Gasteiger partial charge on any atom is 0.408 e. The standard InChI is InChI=1S/C10H18FNO5/c1-9(2,3)17-8(15)12-6(5-11)10(4,16)7(13)14/h6,16H,5H2,1-4H3,(H,12,15)(H,13,14)/t6-,10+/m0/s1. The SMILES string of the molecule is CC(C)(C)OC(=O)N[C@@H](CF)[C@@](C)(O)C(=O)O. The minimum atomic E-state index is -2.40. The van der Waals surface area contributed by atoms with Gasteiger partial charge in [0.25, 0.3) is 0 Å². The van der Waals surface area contributed by atoms with E-state index in [1.165, 1.54) is 0 Å². The van der Waals surface area contributed by atoms with Crippen LogP contribution in [0.2, 0.25) is 0 Å². The molecule has 0 rings (SSSR count). The lowest BCUT2D eigenvalue weighted by molar-refractivity contribution is -0.160. The molecule has 0 aliphatic rings. The molecule has 0 unspecified atom stereocenters. The summed E-state index contributed by atoms with van der Waals surface area (Å²) < 4.78 is 17.4. The number of alkyl halides is 1. The number of aliphatic hydroxyl groups is 1. The van der Waals surface area contributed by atoms with E-state index in [1.54, 1.807) is 20.8 Å². The van der Waals surface area contributed by atoms with Gasteiger partial charge in [-0.25, -0.2) is 14.0 Å². The number of amides is 1. The van der Waals surface area contributed by atoms with Crippen LogP contribution in [0.25, 0.3) is 0 Å².